The molecule has 1 saturated carbocycles. The fraction of sp³-hybridized carbons (Fsp3) is 0.625. The predicted octanol–water partition coefficient (Wildman–Crippen LogP) is 4.41. The van der Waals surface area contributed by atoms with Crippen LogP contribution in [0.1, 0.15) is 46.5 Å². The second-order valence-corrected chi connectivity index (χ2v) is 6.61. The maximum atomic E-state index is 9.26. The highest BCUT2D eigenvalue weighted by atomic mass is 16.3. The van der Waals surface area contributed by atoms with E-state index < -0.39 is 0 Å². The van der Waals surface area contributed by atoms with Gasteiger partial charge in [0.1, 0.15) is 5.75 Å². The number of benzene rings is 1. The smallest absolute Gasteiger partial charge is 0.115 e. The van der Waals surface area contributed by atoms with Gasteiger partial charge in [0, 0.05) is 11.7 Å². The average Bonchev–Trinajstić information content (AvgIpc) is 2.32. The van der Waals surface area contributed by atoms with Crippen molar-refractivity contribution in [3.05, 3.63) is 24.3 Å². The molecular formula is C16H25NO. The van der Waals surface area contributed by atoms with Gasteiger partial charge in [0.05, 0.1) is 0 Å². The Kier molecular flexibility index (Phi) is 3.84. The maximum absolute atomic E-state index is 9.26. The van der Waals surface area contributed by atoms with Crippen LogP contribution in [0.2, 0.25) is 0 Å². The number of hydrogen-bond acceptors (Lipinski definition) is 2. The fourth-order valence-electron chi connectivity index (χ4n) is 2.90. The van der Waals surface area contributed by atoms with Crippen molar-refractivity contribution in [2.45, 2.75) is 52.5 Å². The van der Waals surface area contributed by atoms with Gasteiger partial charge in [-0.1, -0.05) is 20.8 Å². The largest absolute Gasteiger partial charge is 0.508 e. The lowest BCUT2D eigenvalue weighted by molar-refractivity contribution is 0.173. The molecule has 18 heavy (non-hydrogen) atoms. The van der Waals surface area contributed by atoms with Gasteiger partial charge in [0.15, 0.2) is 0 Å². The molecule has 0 aliphatic heterocycles. The summed E-state index contributed by atoms with van der Waals surface area (Å²) in [6.45, 7) is 7.06. The highest BCUT2D eigenvalue weighted by Gasteiger charge is 2.29. The first-order valence-corrected chi connectivity index (χ1v) is 7.01. The Balaban J connectivity index is 1.85. The Labute approximate surface area is 110 Å². The summed E-state index contributed by atoms with van der Waals surface area (Å²) in [5, 5.41) is 12.8. The number of nitrogens with one attached hydrogen (secondary N) is 1. The second kappa shape index (κ2) is 5.21. The lowest BCUT2D eigenvalue weighted by atomic mass is 9.71. The van der Waals surface area contributed by atoms with Crippen LogP contribution >= 0.6 is 0 Å². The first-order chi connectivity index (χ1) is 8.45. The molecule has 2 nitrogen and oxygen atoms in total. The van der Waals surface area contributed by atoms with E-state index in [9.17, 15) is 5.11 Å². The van der Waals surface area contributed by atoms with Crippen molar-refractivity contribution in [2.24, 2.45) is 11.3 Å². The highest BCUT2D eigenvalue weighted by Crippen LogP contribution is 2.38. The van der Waals surface area contributed by atoms with Crippen molar-refractivity contribution in [2.75, 3.05) is 5.32 Å². The van der Waals surface area contributed by atoms with Gasteiger partial charge in [-0.05, 0) is 61.3 Å². The average molecular weight is 247 g/mol. The molecule has 0 bridgehead atoms. The zero-order chi connectivity index (χ0) is 13.2. The maximum Gasteiger partial charge on any atom is 0.115 e. The van der Waals surface area contributed by atoms with Crippen LogP contribution < -0.4 is 5.32 Å². The SMILES string of the molecule is CC(C)(C)C1CCC(Nc2ccc(O)cc2)CC1. The molecule has 0 spiro atoms. The normalized spacial score (nSPS) is 24.8. The summed E-state index contributed by atoms with van der Waals surface area (Å²) in [4.78, 5) is 0. The molecular weight excluding hydrogens is 222 g/mol. The molecule has 100 valence electrons. The molecule has 1 aliphatic carbocycles. The van der Waals surface area contributed by atoms with Gasteiger partial charge in [-0.25, -0.2) is 0 Å². The summed E-state index contributed by atoms with van der Waals surface area (Å²) < 4.78 is 0. The minimum absolute atomic E-state index is 0.331. The van der Waals surface area contributed by atoms with Gasteiger partial charge >= 0.3 is 0 Å². The third-order valence-corrected chi connectivity index (χ3v) is 4.19. The predicted molar refractivity (Wildman–Crippen MR) is 76.9 cm³/mol. The number of phenolic OH excluding ortho intramolecular Hbond substituents is 1. The molecule has 0 unspecified atom stereocenters. The van der Waals surface area contributed by atoms with E-state index in [-0.39, 0.29) is 0 Å². The zero-order valence-electron chi connectivity index (χ0n) is 11.7. The summed E-state index contributed by atoms with van der Waals surface area (Å²) in [7, 11) is 0. The van der Waals surface area contributed by atoms with E-state index in [1.54, 1.807) is 12.1 Å². The molecule has 0 saturated heterocycles. The number of aromatic hydroxyl groups is 1. The Morgan fingerprint density at radius 1 is 1.00 bits per heavy atom. The van der Waals surface area contributed by atoms with Crippen LogP contribution in [0.25, 0.3) is 0 Å². The second-order valence-electron chi connectivity index (χ2n) is 6.61. The van der Waals surface area contributed by atoms with E-state index in [2.05, 4.69) is 26.1 Å². The summed E-state index contributed by atoms with van der Waals surface area (Å²) in [5.41, 5.74) is 1.57. The van der Waals surface area contributed by atoms with Crippen molar-refractivity contribution in [3.63, 3.8) is 0 Å². The number of anilines is 1. The van der Waals surface area contributed by atoms with Crippen LogP contribution in [0.15, 0.2) is 24.3 Å². The zero-order valence-corrected chi connectivity index (χ0v) is 11.7. The Bertz CT molecular complexity index is 369. The summed E-state index contributed by atoms with van der Waals surface area (Å²) >= 11 is 0. The van der Waals surface area contributed by atoms with Crippen LogP contribution in [-0.2, 0) is 0 Å². The molecule has 0 heterocycles. The first-order valence-electron chi connectivity index (χ1n) is 7.01. The minimum Gasteiger partial charge on any atom is -0.508 e. The summed E-state index contributed by atoms with van der Waals surface area (Å²) in [5.74, 6) is 1.19. The molecule has 1 aromatic rings. The first kappa shape index (κ1) is 13.3. The third kappa shape index (κ3) is 3.41. The topological polar surface area (TPSA) is 32.3 Å². The van der Waals surface area contributed by atoms with Gasteiger partial charge in [0.2, 0.25) is 0 Å². The molecule has 0 radical (unpaired) electrons. The molecule has 1 aromatic carbocycles. The summed E-state index contributed by atoms with van der Waals surface area (Å²) in [6.07, 6.45) is 5.14. The highest BCUT2D eigenvalue weighted by molar-refractivity contribution is 5.46. The molecule has 1 fully saturated rings. The van der Waals surface area contributed by atoms with Crippen LogP contribution in [0.3, 0.4) is 0 Å². The van der Waals surface area contributed by atoms with Crippen LogP contribution in [0.5, 0.6) is 5.75 Å². The van der Waals surface area contributed by atoms with Gasteiger partial charge < -0.3 is 10.4 Å². The number of hydrogen-bond donors (Lipinski definition) is 2. The third-order valence-electron chi connectivity index (χ3n) is 4.19. The van der Waals surface area contributed by atoms with Crippen LogP contribution in [0.4, 0.5) is 5.69 Å². The van der Waals surface area contributed by atoms with Crippen molar-refractivity contribution < 1.29 is 5.11 Å². The van der Waals surface area contributed by atoms with E-state index in [1.807, 2.05) is 12.1 Å². The van der Waals surface area contributed by atoms with E-state index in [0.29, 0.717) is 17.2 Å². The van der Waals surface area contributed by atoms with Gasteiger partial charge in [-0.3, -0.25) is 0 Å². The molecule has 2 heteroatoms. The van der Waals surface area contributed by atoms with Gasteiger partial charge in [0.25, 0.3) is 0 Å². The van der Waals surface area contributed by atoms with Gasteiger partial charge in [-0.2, -0.15) is 0 Å². The Hall–Kier alpha value is -1.18. The molecule has 2 rings (SSSR count). The number of phenols is 1. The molecule has 0 atom stereocenters. The van der Waals surface area contributed by atoms with E-state index >= 15 is 0 Å². The Morgan fingerprint density at radius 2 is 1.56 bits per heavy atom. The summed E-state index contributed by atoms with van der Waals surface area (Å²) in [6, 6.07) is 7.97. The molecule has 0 amide bonds. The van der Waals surface area contributed by atoms with E-state index in [1.165, 1.54) is 25.7 Å². The lowest BCUT2D eigenvalue weighted by Crippen LogP contribution is -2.31. The van der Waals surface area contributed by atoms with E-state index in [4.69, 9.17) is 0 Å². The fourth-order valence-corrected chi connectivity index (χ4v) is 2.90. The lowest BCUT2D eigenvalue weighted by Gasteiger charge is -2.37. The van der Waals surface area contributed by atoms with Crippen LogP contribution in [-0.4, -0.2) is 11.1 Å². The molecule has 1 aliphatic rings. The van der Waals surface area contributed by atoms with Crippen molar-refractivity contribution in [3.8, 4) is 5.75 Å². The molecule has 2 N–H and O–H groups in total. The quantitative estimate of drug-likeness (QED) is 0.759. The van der Waals surface area contributed by atoms with Crippen LogP contribution in [0, 0.1) is 11.3 Å². The van der Waals surface area contributed by atoms with Gasteiger partial charge in [-0.15, -0.1) is 0 Å². The van der Waals surface area contributed by atoms with Crippen molar-refractivity contribution in [1.82, 2.24) is 0 Å². The monoisotopic (exact) mass is 247 g/mol. The standard InChI is InChI=1S/C16H25NO/c1-16(2,3)12-4-6-13(7-5-12)17-14-8-10-15(18)11-9-14/h8-13,17-18H,4-7H2,1-3H3. The minimum atomic E-state index is 0.331. The van der Waals surface area contributed by atoms with E-state index in [0.717, 1.165) is 11.6 Å². The number of rotatable bonds is 2. The Morgan fingerprint density at radius 3 is 2.06 bits per heavy atom. The molecule has 0 aromatic heterocycles. The van der Waals surface area contributed by atoms with Crippen molar-refractivity contribution in [1.29, 1.82) is 0 Å². The van der Waals surface area contributed by atoms with Crippen molar-refractivity contribution >= 4 is 5.69 Å².